The summed E-state index contributed by atoms with van der Waals surface area (Å²) in [5.41, 5.74) is 0. The van der Waals surface area contributed by atoms with Crippen LogP contribution in [0.15, 0.2) is 0 Å². The number of nitrogens with zero attached hydrogens (tertiary/aromatic N) is 1. The molecule has 0 aromatic carbocycles. The van der Waals surface area contributed by atoms with E-state index in [2.05, 4.69) is 13.8 Å². The van der Waals surface area contributed by atoms with Crippen LogP contribution in [0.3, 0.4) is 0 Å². The van der Waals surface area contributed by atoms with Crippen LogP contribution in [0.5, 0.6) is 0 Å². The molecule has 1 N–H and O–H groups in total. The van der Waals surface area contributed by atoms with E-state index in [1.165, 1.54) is 0 Å². The van der Waals surface area contributed by atoms with Crippen molar-refractivity contribution < 1.29 is 14.7 Å². The molecule has 4 atom stereocenters. The van der Waals surface area contributed by atoms with Crippen LogP contribution in [0.2, 0.25) is 0 Å². The predicted octanol–water partition coefficient (Wildman–Crippen LogP) is 2.63. The van der Waals surface area contributed by atoms with E-state index in [4.69, 9.17) is 0 Å². The molecule has 0 heterocycles. The molecule has 0 bridgehead atoms. The van der Waals surface area contributed by atoms with Gasteiger partial charge < -0.3 is 10.0 Å². The van der Waals surface area contributed by atoms with Gasteiger partial charge in [0.2, 0.25) is 5.91 Å². The summed E-state index contributed by atoms with van der Waals surface area (Å²) < 4.78 is 0. The molecule has 110 valence electrons. The van der Waals surface area contributed by atoms with Crippen LogP contribution in [0.4, 0.5) is 0 Å². The van der Waals surface area contributed by atoms with E-state index in [0.29, 0.717) is 31.2 Å². The summed E-state index contributed by atoms with van der Waals surface area (Å²) >= 11 is 0. The molecule has 1 fully saturated rings. The third kappa shape index (κ3) is 3.95. The molecular weight excluding hydrogens is 242 g/mol. The minimum absolute atomic E-state index is 0.0413. The first-order valence-electron chi connectivity index (χ1n) is 7.42. The first-order chi connectivity index (χ1) is 8.90. The number of aliphatic carboxylic acids is 1. The molecule has 1 saturated carbocycles. The summed E-state index contributed by atoms with van der Waals surface area (Å²) in [6.45, 7) is 9.65. The average Bonchev–Trinajstić information content (AvgIpc) is 2.77. The SMILES string of the molecule is CCC(C)CN(CC)C(=O)[C@H]1CC(C)C[C@H]1C(=O)O. The Bertz CT molecular complexity index is 329. The minimum Gasteiger partial charge on any atom is -0.481 e. The second kappa shape index (κ2) is 6.92. The Balaban J connectivity index is 2.75. The van der Waals surface area contributed by atoms with Gasteiger partial charge >= 0.3 is 5.97 Å². The maximum atomic E-state index is 12.6. The minimum atomic E-state index is -0.817. The largest absolute Gasteiger partial charge is 0.481 e. The van der Waals surface area contributed by atoms with Gasteiger partial charge in [-0.1, -0.05) is 27.2 Å². The van der Waals surface area contributed by atoms with Crippen molar-refractivity contribution in [1.29, 1.82) is 0 Å². The molecule has 2 unspecified atom stereocenters. The van der Waals surface area contributed by atoms with Crippen molar-refractivity contribution in [2.75, 3.05) is 13.1 Å². The number of carbonyl (C=O) groups is 2. The van der Waals surface area contributed by atoms with Crippen molar-refractivity contribution in [3.63, 3.8) is 0 Å². The van der Waals surface area contributed by atoms with Crippen molar-refractivity contribution in [2.24, 2.45) is 23.7 Å². The summed E-state index contributed by atoms with van der Waals surface area (Å²) in [6.07, 6.45) is 2.38. The fourth-order valence-electron chi connectivity index (χ4n) is 2.95. The van der Waals surface area contributed by atoms with Crippen molar-refractivity contribution in [3.8, 4) is 0 Å². The van der Waals surface area contributed by atoms with E-state index in [9.17, 15) is 14.7 Å². The number of hydrogen-bond acceptors (Lipinski definition) is 2. The van der Waals surface area contributed by atoms with Crippen LogP contribution in [-0.4, -0.2) is 35.0 Å². The van der Waals surface area contributed by atoms with E-state index < -0.39 is 11.9 Å². The highest BCUT2D eigenvalue weighted by Crippen LogP contribution is 2.37. The standard InChI is InChI=1S/C15H27NO3/c1-5-10(3)9-16(6-2)14(17)12-7-11(4)8-13(12)15(18)19/h10-13H,5-9H2,1-4H3,(H,18,19)/t10?,11?,12-,13+/m0/s1. The Morgan fingerprint density at radius 1 is 1.26 bits per heavy atom. The number of carboxylic acid groups (broad SMARTS) is 1. The van der Waals surface area contributed by atoms with Gasteiger partial charge in [-0.15, -0.1) is 0 Å². The second-order valence-electron chi connectivity index (χ2n) is 6.02. The molecule has 19 heavy (non-hydrogen) atoms. The summed E-state index contributed by atoms with van der Waals surface area (Å²) in [4.78, 5) is 25.7. The number of rotatable bonds is 6. The fourth-order valence-corrected chi connectivity index (χ4v) is 2.95. The Morgan fingerprint density at radius 2 is 1.84 bits per heavy atom. The van der Waals surface area contributed by atoms with E-state index in [1.807, 2.05) is 18.7 Å². The lowest BCUT2D eigenvalue weighted by Crippen LogP contribution is -2.41. The first kappa shape index (κ1) is 16.0. The maximum absolute atomic E-state index is 12.6. The molecule has 1 aliphatic carbocycles. The molecule has 0 radical (unpaired) electrons. The van der Waals surface area contributed by atoms with Crippen molar-refractivity contribution in [3.05, 3.63) is 0 Å². The zero-order valence-corrected chi connectivity index (χ0v) is 12.6. The molecule has 0 aromatic heterocycles. The molecule has 4 nitrogen and oxygen atoms in total. The van der Waals surface area contributed by atoms with E-state index in [-0.39, 0.29) is 11.8 Å². The lowest BCUT2D eigenvalue weighted by Gasteiger charge is -2.28. The third-order valence-electron chi connectivity index (χ3n) is 4.36. The predicted molar refractivity (Wildman–Crippen MR) is 74.7 cm³/mol. The van der Waals surface area contributed by atoms with Gasteiger partial charge in [0.05, 0.1) is 11.8 Å². The number of hydrogen-bond donors (Lipinski definition) is 1. The van der Waals surface area contributed by atoms with Crippen LogP contribution in [0.25, 0.3) is 0 Å². The smallest absolute Gasteiger partial charge is 0.307 e. The monoisotopic (exact) mass is 269 g/mol. The Morgan fingerprint density at radius 3 is 2.32 bits per heavy atom. The van der Waals surface area contributed by atoms with Gasteiger partial charge in [0, 0.05) is 13.1 Å². The molecule has 0 saturated heterocycles. The van der Waals surface area contributed by atoms with Crippen LogP contribution in [0.1, 0.15) is 47.0 Å². The Labute approximate surface area is 116 Å². The van der Waals surface area contributed by atoms with E-state index in [1.54, 1.807) is 0 Å². The van der Waals surface area contributed by atoms with Crippen LogP contribution in [0, 0.1) is 23.7 Å². The highest BCUT2D eigenvalue weighted by Gasteiger charge is 2.42. The molecule has 4 heteroatoms. The number of carboxylic acids is 1. The van der Waals surface area contributed by atoms with Gasteiger partial charge in [0.25, 0.3) is 0 Å². The third-order valence-corrected chi connectivity index (χ3v) is 4.36. The molecule has 0 aromatic rings. The maximum Gasteiger partial charge on any atom is 0.307 e. The molecule has 1 rings (SSSR count). The highest BCUT2D eigenvalue weighted by atomic mass is 16.4. The lowest BCUT2D eigenvalue weighted by molar-refractivity contribution is -0.149. The molecule has 1 amide bonds. The van der Waals surface area contributed by atoms with Gasteiger partial charge in [-0.2, -0.15) is 0 Å². The molecule has 0 spiro atoms. The molecule has 1 aliphatic rings. The fraction of sp³-hybridized carbons (Fsp3) is 0.867. The zero-order valence-electron chi connectivity index (χ0n) is 12.6. The molecular formula is C15H27NO3. The van der Waals surface area contributed by atoms with Crippen LogP contribution < -0.4 is 0 Å². The van der Waals surface area contributed by atoms with Crippen LogP contribution >= 0.6 is 0 Å². The number of carbonyl (C=O) groups excluding carboxylic acids is 1. The van der Waals surface area contributed by atoms with E-state index in [0.717, 1.165) is 13.0 Å². The zero-order chi connectivity index (χ0) is 14.6. The van der Waals surface area contributed by atoms with Crippen molar-refractivity contribution >= 4 is 11.9 Å². The normalized spacial score (nSPS) is 28.1. The summed E-state index contributed by atoms with van der Waals surface area (Å²) in [5, 5.41) is 9.26. The second-order valence-corrected chi connectivity index (χ2v) is 6.02. The summed E-state index contributed by atoms with van der Waals surface area (Å²) in [6, 6.07) is 0. The van der Waals surface area contributed by atoms with Gasteiger partial charge in [0.1, 0.15) is 0 Å². The van der Waals surface area contributed by atoms with Gasteiger partial charge in [0.15, 0.2) is 0 Å². The topological polar surface area (TPSA) is 57.6 Å². The van der Waals surface area contributed by atoms with Crippen molar-refractivity contribution in [1.82, 2.24) is 4.90 Å². The Hall–Kier alpha value is -1.06. The first-order valence-corrected chi connectivity index (χ1v) is 7.42. The Kier molecular flexibility index (Phi) is 5.83. The van der Waals surface area contributed by atoms with Gasteiger partial charge in [-0.3, -0.25) is 9.59 Å². The molecule has 0 aliphatic heterocycles. The van der Waals surface area contributed by atoms with E-state index >= 15 is 0 Å². The van der Waals surface area contributed by atoms with Gasteiger partial charge in [-0.25, -0.2) is 0 Å². The van der Waals surface area contributed by atoms with Crippen LogP contribution in [-0.2, 0) is 9.59 Å². The van der Waals surface area contributed by atoms with Crippen molar-refractivity contribution in [2.45, 2.75) is 47.0 Å². The summed E-state index contributed by atoms with van der Waals surface area (Å²) in [7, 11) is 0. The number of amides is 1. The highest BCUT2D eigenvalue weighted by molar-refractivity contribution is 5.85. The summed E-state index contributed by atoms with van der Waals surface area (Å²) in [5.74, 6) is -0.796. The quantitative estimate of drug-likeness (QED) is 0.806. The average molecular weight is 269 g/mol. The lowest BCUT2D eigenvalue weighted by atomic mass is 9.94. The van der Waals surface area contributed by atoms with Gasteiger partial charge in [-0.05, 0) is 31.6 Å².